The Hall–Kier alpha value is -4.62. The highest BCUT2D eigenvalue weighted by molar-refractivity contribution is 6.35. The number of pyridine rings is 1. The molecule has 3 heterocycles. The summed E-state index contributed by atoms with van der Waals surface area (Å²) < 4.78 is 31.2. The molecule has 43 heavy (non-hydrogen) atoms. The minimum absolute atomic E-state index is 0.0359. The van der Waals surface area contributed by atoms with Gasteiger partial charge in [0.15, 0.2) is 17.3 Å². The van der Waals surface area contributed by atoms with Crippen LogP contribution in [0.15, 0.2) is 48.9 Å². The molecule has 2 amide bonds. The lowest BCUT2D eigenvalue weighted by Crippen LogP contribution is -2.55. The quantitative estimate of drug-likeness (QED) is 0.272. The summed E-state index contributed by atoms with van der Waals surface area (Å²) in [5, 5.41) is 13.2. The van der Waals surface area contributed by atoms with Gasteiger partial charge in [-0.25, -0.2) is 13.5 Å². The molecular weight excluding hydrogens is 580 g/mol. The van der Waals surface area contributed by atoms with E-state index in [9.17, 15) is 14.0 Å². The van der Waals surface area contributed by atoms with Crippen LogP contribution in [0, 0.1) is 18.6 Å². The van der Waals surface area contributed by atoms with Crippen molar-refractivity contribution in [1.82, 2.24) is 24.9 Å². The second-order valence-electron chi connectivity index (χ2n) is 10.5. The van der Waals surface area contributed by atoms with Gasteiger partial charge in [0.25, 0.3) is 11.8 Å². The van der Waals surface area contributed by atoms with Crippen LogP contribution in [0.25, 0.3) is 5.69 Å². The number of amides is 2. The third-order valence-electron chi connectivity index (χ3n) is 7.62. The zero-order valence-electron chi connectivity index (χ0n) is 23.9. The number of benzene rings is 2. The Morgan fingerprint density at radius 3 is 2.37 bits per heavy atom. The number of nitrogens with zero attached hydrogens (tertiary/aromatic N) is 6. The van der Waals surface area contributed by atoms with Gasteiger partial charge in [0.2, 0.25) is 0 Å². The van der Waals surface area contributed by atoms with Gasteiger partial charge < -0.3 is 21.3 Å². The van der Waals surface area contributed by atoms with E-state index in [1.54, 1.807) is 12.1 Å². The van der Waals surface area contributed by atoms with Crippen molar-refractivity contribution in [2.45, 2.75) is 32.9 Å². The molecule has 2 aromatic carbocycles. The Kier molecular flexibility index (Phi) is 8.29. The fourth-order valence-electron chi connectivity index (χ4n) is 4.96. The molecule has 14 heteroatoms. The molecule has 1 fully saturated rings. The Balaban J connectivity index is 1.53. The van der Waals surface area contributed by atoms with E-state index in [0.29, 0.717) is 24.5 Å². The van der Waals surface area contributed by atoms with Gasteiger partial charge in [0, 0.05) is 54.9 Å². The summed E-state index contributed by atoms with van der Waals surface area (Å²) in [6.07, 6.45) is 4.33. The summed E-state index contributed by atoms with van der Waals surface area (Å²) in [5.41, 5.74) is 6.61. The van der Waals surface area contributed by atoms with Crippen molar-refractivity contribution >= 4 is 46.2 Å². The van der Waals surface area contributed by atoms with Gasteiger partial charge in [-0.15, -0.1) is 5.10 Å². The van der Waals surface area contributed by atoms with E-state index >= 15 is 4.39 Å². The van der Waals surface area contributed by atoms with Crippen LogP contribution in [-0.2, 0) is 0 Å². The molecule has 0 saturated carbocycles. The van der Waals surface area contributed by atoms with E-state index in [4.69, 9.17) is 17.3 Å². The fourth-order valence-corrected chi connectivity index (χ4v) is 5.18. The van der Waals surface area contributed by atoms with E-state index in [2.05, 4.69) is 44.7 Å². The zero-order valence-corrected chi connectivity index (χ0v) is 24.7. The molecule has 1 aliphatic heterocycles. The molecule has 11 nitrogen and oxygen atoms in total. The average molecular weight is 610 g/mol. The number of nitrogen functional groups attached to an aromatic ring is 1. The first-order valence-electron chi connectivity index (χ1n) is 13.4. The molecular formula is C29H30ClF2N9O2. The Morgan fingerprint density at radius 2 is 1.70 bits per heavy atom. The summed E-state index contributed by atoms with van der Waals surface area (Å²) in [7, 11) is 2.02. The second kappa shape index (κ2) is 11.9. The van der Waals surface area contributed by atoms with Crippen molar-refractivity contribution in [3.63, 3.8) is 0 Å². The summed E-state index contributed by atoms with van der Waals surface area (Å²) in [5.74, 6) is -2.58. The van der Waals surface area contributed by atoms with Crippen molar-refractivity contribution < 1.29 is 18.4 Å². The third kappa shape index (κ3) is 5.99. The molecule has 5 rings (SSSR count). The monoisotopic (exact) mass is 609 g/mol. The van der Waals surface area contributed by atoms with Crippen molar-refractivity contribution in [2.24, 2.45) is 0 Å². The average Bonchev–Trinajstić information content (AvgIpc) is 3.48. The number of aromatic nitrogens is 4. The molecule has 4 aromatic rings. The molecule has 0 radical (unpaired) electrons. The molecule has 0 bridgehead atoms. The molecule has 4 N–H and O–H groups in total. The van der Waals surface area contributed by atoms with Crippen LogP contribution in [0.2, 0.25) is 5.02 Å². The number of carbonyl (C=O) groups is 2. The number of likely N-dealkylation sites (N-methyl/N-ethyl adjacent to an activating group) is 1. The van der Waals surface area contributed by atoms with Gasteiger partial charge >= 0.3 is 0 Å². The second-order valence-corrected chi connectivity index (χ2v) is 10.9. The number of piperazine rings is 1. The van der Waals surface area contributed by atoms with Gasteiger partial charge in [-0.3, -0.25) is 19.5 Å². The highest BCUT2D eigenvalue weighted by Gasteiger charge is 2.30. The molecule has 0 unspecified atom stereocenters. The standard InChI is InChI=1S/C29H30ClF2N9O2/c1-15-12-40(13-16(2)39(15)4)25-10-20(31)24(41-14-23(37-38-41)29(43)35-18-5-7-34-8-6-18)11-22(25)36-28(42)19-9-21(33)27(32)17(3)26(19)30/h5-11,14-16H,12-13,33H2,1-4H3,(H,36,42)(H,34,35,43)/t15-,16+. The summed E-state index contributed by atoms with van der Waals surface area (Å²) >= 11 is 6.32. The van der Waals surface area contributed by atoms with E-state index in [1.807, 2.05) is 11.9 Å². The number of anilines is 4. The molecule has 0 spiro atoms. The predicted octanol–water partition coefficient (Wildman–Crippen LogP) is 4.52. The summed E-state index contributed by atoms with van der Waals surface area (Å²) in [6.45, 7) is 6.67. The SMILES string of the molecule is Cc1c(F)c(N)cc(C(=O)Nc2cc(-n3cc(C(=O)Nc4ccncc4)nn3)c(F)cc2N2C[C@@H](C)N(C)[C@@H](C)C2)c1Cl. The van der Waals surface area contributed by atoms with Crippen LogP contribution in [0.1, 0.15) is 40.3 Å². The maximum absolute atomic E-state index is 15.7. The molecule has 0 aliphatic carbocycles. The van der Waals surface area contributed by atoms with Crippen molar-refractivity contribution in [2.75, 3.05) is 41.4 Å². The number of hydrogen-bond donors (Lipinski definition) is 3. The Bertz CT molecular complexity index is 1690. The lowest BCUT2D eigenvalue weighted by molar-refractivity contribution is 0.101. The molecule has 1 saturated heterocycles. The largest absolute Gasteiger partial charge is 0.396 e. The smallest absolute Gasteiger partial charge is 0.277 e. The zero-order chi connectivity index (χ0) is 31.0. The van der Waals surface area contributed by atoms with Crippen LogP contribution in [0.4, 0.5) is 31.5 Å². The van der Waals surface area contributed by atoms with Crippen molar-refractivity contribution in [1.29, 1.82) is 0 Å². The normalized spacial score (nSPS) is 17.1. The number of hydrogen-bond acceptors (Lipinski definition) is 8. The molecule has 2 atom stereocenters. The lowest BCUT2D eigenvalue weighted by Gasteiger charge is -2.44. The van der Waals surface area contributed by atoms with Gasteiger partial charge in [-0.1, -0.05) is 16.8 Å². The van der Waals surface area contributed by atoms with E-state index < -0.39 is 23.4 Å². The number of carbonyl (C=O) groups excluding carboxylic acids is 2. The minimum atomic E-state index is -0.707. The van der Waals surface area contributed by atoms with Crippen LogP contribution in [0.5, 0.6) is 0 Å². The van der Waals surface area contributed by atoms with E-state index in [-0.39, 0.29) is 51.0 Å². The first kappa shape index (κ1) is 29.9. The summed E-state index contributed by atoms with van der Waals surface area (Å²) in [6, 6.07) is 7.37. The molecule has 2 aromatic heterocycles. The van der Waals surface area contributed by atoms with Crippen LogP contribution in [0.3, 0.4) is 0 Å². The first-order valence-corrected chi connectivity index (χ1v) is 13.8. The minimum Gasteiger partial charge on any atom is -0.396 e. The first-order chi connectivity index (χ1) is 20.4. The van der Waals surface area contributed by atoms with E-state index in [0.717, 1.165) is 10.7 Å². The van der Waals surface area contributed by atoms with Crippen LogP contribution < -0.4 is 21.3 Å². The van der Waals surface area contributed by atoms with Gasteiger partial charge in [0.05, 0.1) is 33.8 Å². The maximum atomic E-state index is 15.7. The van der Waals surface area contributed by atoms with Crippen molar-refractivity contribution in [3.8, 4) is 5.69 Å². The van der Waals surface area contributed by atoms with E-state index in [1.165, 1.54) is 37.6 Å². The number of rotatable bonds is 6. The highest BCUT2D eigenvalue weighted by Crippen LogP contribution is 2.35. The van der Waals surface area contributed by atoms with Crippen molar-refractivity contribution in [3.05, 3.63) is 82.4 Å². The van der Waals surface area contributed by atoms with Gasteiger partial charge in [0.1, 0.15) is 5.69 Å². The Morgan fingerprint density at radius 1 is 1.02 bits per heavy atom. The summed E-state index contributed by atoms with van der Waals surface area (Å²) in [4.78, 5) is 34.3. The number of nitrogens with two attached hydrogens (primary N) is 1. The number of halogens is 3. The van der Waals surface area contributed by atoms with Gasteiger partial charge in [-0.05, 0) is 52.1 Å². The Labute approximate surface area is 251 Å². The third-order valence-corrected chi connectivity index (χ3v) is 8.10. The maximum Gasteiger partial charge on any atom is 0.277 e. The van der Waals surface area contributed by atoms with Crippen LogP contribution in [-0.4, -0.2) is 68.9 Å². The lowest BCUT2D eigenvalue weighted by atomic mass is 10.1. The molecule has 224 valence electrons. The molecule has 1 aliphatic rings. The van der Waals surface area contributed by atoms with Crippen LogP contribution >= 0.6 is 11.6 Å². The topological polar surface area (TPSA) is 134 Å². The fraction of sp³-hybridized carbons (Fsp3) is 0.276. The van der Waals surface area contributed by atoms with Gasteiger partial charge in [-0.2, -0.15) is 0 Å². The number of nitrogens with one attached hydrogen (secondary N) is 2. The predicted molar refractivity (Wildman–Crippen MR) is 161 cm³/mol. The highest BCUT2D eigenvalue weighted by atomic mass is 35.5.